The monoisotopic (exact) mass is 222 g/mol. The van der Waals surface area contributed by atoms with E-state index in [0.717, 1.165) is 12.8 Å². The van der Waals surface area contributed by atoms with Crippen LogP contribution in [0, 0.1) is 0 Å². The molecule has 0 atom stereocenters. The lowest BCUT2D eigenvalue weighted by Crippen LogP contribution is -2.00. The fraction of sp³-hybridized carbons (Fsp3) is 0.500. The molecule has 90 valence electrons. The summed E-state index contributed by atoms with van der Waals surface area (Å²) in [6.45, 7) is 8.41. The number of esters is 1. The van der Waals surface area contributed by atoms with E-state index in [0.29, 0.717) is 6.61 Å². The highest BCUT2D eigenvalue weighted by atomic mass is 16.5. The van der Waals surface area contributed by atoms with Crippen molar-refractivity contribution in [2.24, 2.45) is 0 Å². The van der Waals surface area contributed by atoms with Gasteiger partial charge in [0.15, 0.2) is 0 Å². The summed E-state index contributed by atoms with van der Waals surface area (Å²) < 4.78 is 4.96. The second kappa shape index (κ2) is 8.96. The molecule has 0 aromatic rings. The first-order valence-electron chi connectivity index (χ1n) is 5.64. The Morgan fingerprint density at radius 1 is 1.19 bits per heavy atom. The molecule has 0 bridgehead atoms. The fourth-order valence-corrected chi connectivity index (χ4v) is 1.14. The van der Waals surface area contributed by atoms with E-state index in [-0.39, 0.29) is 5.97 Å². The maximum atomic E-state index is 11.0. The van der Waals surface area contributed by atoms with Crippen molar-refractivity contribution in [3.63, 3.8) is 0 Å². The molecular formula is C14H22O2. The molecular weight excluding hydrogens is 200 g/mol. The maximum Gasteiger partial charge on any atom is 0.330 e. The van der Waals surface area contributed by atoms with Crippen LogP contribution in [0.15, 0.2) is 35.5 Å². The van der Waals surface area contributed by atoms with Gasteiger partial charge in [-0.25, -0.2) is 4.79 Å². The van der Waals surface area contributed by atoms with E-state index in [1.54, 1.807) is 13.0 Å². The highest BCUT2D eigenvalue weighted by molar-refractivity contribution is 5.81. The Bertz CT molecular complexity index is 292. The molecule has 0 aliphatic heterocycles. The molecule has 0 saturated heterocycles. The smallest absolute Gasteiger partial charge is 0.330 e. The van der Waals surface area contributed by atoms with Crippen molar-refractivity contribution in [2.45, 2.75) is 40.5 Å². The van der Waals surface area contributed by atoms with Gasteiger partial charge in [0.05, 0.1) is 0 Å². The van der Waals surface area contributed by atoms with E-state index in [1.165, 1.54) is 17.2 Å². The highest BCUT2D eigenvalue weighted by Crippen LogP contribution is 2.06. The molecule has 0 saturated carbocycles. The largest absolute Gasteiger partial charge is 0.458 e. The first-order valence-corrected chi connectivity index (χ1v) is 5.64. The van der Waals surface area contributed by atoms with Crippen molar-refractivity contribution in [2.75, 3.05) is 6.61 Å². The molecule has 0 fully saturated rings. The molecule has 0 heterocycles. The van der Waals surface area contributed by atoms with Gasteiger partial charge in [0, 0.05) is 6.08 Å². The Labute approximate surface area is 98.7 Å². The topological polar surface area (TPSA) is 26.3 Å². The zero-order chi connectivity index (χ0) is 12.4. The van der Waals surface area contributed by atoms with Crippen molar-refractivity contribution in [3.05, 3.63) is 35.5 Å². The van der Waals surface area contributed by atoms with Crippen LogP contribution in [0.1, 0.15) is 40.5 Å². The van der Waals surface area contributed by atoms with Crippen LogP contribution < -0.4 is 0 Å². The van der Waals surface area contributed by atoms with E-state index < -0.39 is 0 Å². The van der Waals surface area contributed by atoms with Crippen LogP contribution in [-0.4, -0.2) is 12.6 Å². The minimum absolute atomic E-state index is 0.282. The van der Waals surface area contributed by atoms with Crippen LogP contribution in [0.3, 0.4) is 0 Å². The molecule has 0 amide bonds. The summed E-state index contributed by atoms with van der Waals surface area (Å²) in [7, 11) is 0. The van der Waals surface area contributed by atoms with Gasteiger partial charge in [-0.2, -0.15) is 0 Å². The van der Waals surface area contributed by atoms with Gasteiger partial charge in [0.1, 0.15) is 6.61 Å². The standard InChI is InChI=1S/C14H22O2/c1-5-7-14(15)16-11-10-13(4)9-6-8-12(2)3/h5,7-8,10H,6,9,11H2,1-4H3/b7-5+,13-10?. The zero-order valence-corrected chi connectivity index (χ0v) is 10.7. The molecule has 2 nitrogen and oxygen atoms in total. The van der Waals surface area contributed by atoms with Crippen LogP contribution in [0.5, 0.6) is 0 Å². The molecule has 0 aromatic heterocycles. The van der Waals surface area contributed by atoms with E-state index in [1.807, 2.05) is 6.08 Å². The van der Waals surface area contributed by atoms with Crippen LogP contribution in [0.4, 0.5) is 0 Å². The summed E-state index contributed by atoms with van der Waals surface area (Å²) in [4.78, 5) is 11.0. The van der Waals surface area contributed by atoms with Crippen molar-refractivity contribution >= 4 is 5.97 Å². The summed E-state index contributed by atoms with van der Waals surface area (Å²) in [6, 6.07) is 0. The summed E-state index contributed by atoms with van der Waals surface area (Å²) in [5.74, 6) is -0.282. The Morgan fingerprint density at radius 3 is 2.44 bits per heavy atom. The Hall–Kier alpha value is -1.31. The van der Waals surface area contributed by atoms with Gasteiger partial charge >= 0.3 is 5.97 Å². The van der Waals surface area contributed by atoms with Gasteiger partial charge in [0.2, 0.25) is 0 Å². The average molecular weight is 222 g/mol. The zero-order valence-electron chi connectivity index (χ0n) is 10.7. The molecule has 0 aromatic carbocycles. The van der Waals surface area contributed by atoms with Crippen molar-refractivity contribution in [1.82, 2.24) is 0 Å². The summed E-state index contributed by atoms with van der Waals surface area (Å²) in [5.41, 5.74) is 2.60. The maximum absolute atomic E-state index is 11.0. The van der Waals surface area contributed by atoms with E-state index >= 15 is 0 Å². The number of allylic oxidation sites excluding steroid dienone is 4. The molecule has 2 heteroatoms. The molecule has 0 radical (unpaired) electrons. The van der Waals surface area contributed by atoms with Gasteiger partial charge in [-0.05, 0) is 46.6 Å². The minimum atomic E-state index is -0.282. The Morgan fingerprint density at radius 2 is 1.88 bits per heavy atom. The van der Waals surface area contributed by atoms with Gasteiger partial charge < -0.3 is 4.74 Å². The van der Waals surface area contributed by atoms with Crippen LogP contribution in [-0.2, 0) is 9.53 Å². The highest BCUT2D eigenvalue weighted by Gasteiger charge is 1.94. The third-order valence-electron chi connectivity index (χ3n) is 2.05. The van der Waals surface area contributed by atoms with E-state index in [9.17, 15) is 4.79 Å². The molecule has 0 aliphatic rings. The number of carbonyl (C=O) groups excluding carboxylic acids is 1. The first-order chi connectivity index (χ1) is 7.56. The van der Waals surface area contributed by atoms with Gasteiger partial charge in [-0.3, -0.25) is 0 Å². The molecule has 0 spiro atoms. The molecule has 0 N–H and O–H groups in total. The number of carbonyl (C=O) groups is 1. The lowest BCUT2D eigenvalue weighted by molar-refractivity contribution is -0.136. The number of rotatable bonds is 6. The lowest BCUT2D eigenvalue weighted by Gasteiger charge is -2.00. The lowest BCUT2D eigenvalue weighted by atomic mass is 10.1. The third-order valence-corrected chi connectivity index (χ3v) is 2.05. The Balaban J connectivity index is 3.79. The van der Waals surface area contributed by atoms with Gasteiger partial charge in [-0.15, -0.1) is 0 Å². The summed E-state index contributed by atoms with van der Waals surface area (Å²) >= 11 is 0. The van der Waals surface area contributed by atoms with E-state index in [2.05, 4.69) is 26.8 Å². The fourth-order valence-electron chi connectivity index (χ4n) is 1.14. The van der Waals surface area contributed by atoms with Crippen LogP contribution in [0.25, 0.3) is 0 Å². The molecule has 0 unspecified atom stereocenters. The normalized spacial score (nSPS) is 11.6. The quantitative estimate of drug-likeness (QED) is 0.388. The van der Waals surface area contributed by atoms with Crippen molar-refractivity contribution < 1.29 is 9.53 Å². The SMILES string of the molecule is C/C=C/C(=O)OCC=C(C)CCC=C(C)C. The van der Waals surface area contributed by atoms with Crippen LogP contribution >= 0.6 is 0 Å². The van der Waals surface area contributed by atoms with Gasteiger partial charge in [-0.1, -0.05) is 23.3 Å². The predicted molar refractivity (Wildman–Crippen MR) is 68.2 cm³/mol. The minimum Gasteiger partial charge on any atom is -0.458 e. The second-order valence-corrected chi connectivity index (χ2v) is 4.00. The number of hydrogen-bond donors (Lipinski definition) is 0. The van der Waals surface area contributed by atoms with Gasteiger partial charge in [0.25, 0.3) is 0 Å². The molecule has 0 rings (SSSR count). The van der Waals surface area contributed by atoms with Crippen molar-refractivity contribution in [1.29, 1.82) is 0 Å². The van der Waals surface area contributed by atoms with Crippen LogP contribution in [0.2, 0.25) is 0 Å². The second-order valence-electron chi connectivity index (χ2n) is 4.00. The van der Waals surface area contributed by atoms with E-state index in [4.69, 9.17) is 4.74 Å². The first kappa shape index (κ1) is 14.7. The average Bonchev–Trinajstić information content (AvgIpc) is 2.17. The summed E-state index contributed by atoms with van der Waals surface area (Å²) in [6.07, 6.45) is 9.34. The number of ether oxygens (including phenoxy) is 1. The van der Waals surface area contributed by atoms with Crippen molar-refractivity contribution in [3.8, 4) is 0 Å². The summed E-state index contributed by atoms with van der Waals surface area (Å²) in [5, 5.41) is 0. The third kappa shape index (κ3) is 9.25. The predicted octanol–water partition coefficient (Wildman–Crippen LogP) is 3.80. The Kier molecular flexibility index (Phi) is 8.22. The molecule has 16 heavy (non-hydrogen) atoms. The molecule has 0 aliphatic carbocycles. The number of hydrogen-bond acceptors (Lipinski definition) is 2.